The first-order valence-electron chi connectivity index (χ1n) is 5.82. The van der Waals surface area contributed by atoms with E-state index in [1.54, 1.807) is 20.8 Å². The van der Waals surface area contributed by atoms with Gasteiger partial charge in [0.15, 0.2) is 0 Å². The third-order valence-electron chi connectivity index (χ3n) is 2.53. The lowest BCUT2D eigenvalue weighted by molar-refractivity contribution is -0.116. The van der Waals surface area contributed by atoms with Crippen molar-refractivity contribution in [1.82, 2.24) is 9.78 Å². The molecule has 1 aromatic heterocycles. The zero-order valence-electron chi connectivity index (χ0n) is 11.0. The van der Waals surface area contributed by atoms with E-state index in [4.69, 9.17) is 0 Å². The molecule has 1 rings (SSSR count). The van der Waals surface area contributed by atoms with Crippen LogP contribution in [0.3, 0.4) is 0 Å². The Balaban J connectivity index is 3.26. The molecule has 0 radical (unpaired) electrons. The molecule has 0 saturated carbocycles. The first kappa shape index (κ1) is 15.3. The van der Waals surface area contributed by atoms with Crippen LogP contribution >= 0.6 is 0 Å². The van der Waals surface area contributed by atoms with E-state index in [2.05, 4.69) is 17.0 Å². The number of halogens is 3. The number of rotatable bonds is 4. The van der Waals surface area contributed by atoms with E-state index in [1.165, 1.54) is 4.68 Å². The van der Waals surface area contributed by atoms with E-state index in [9.17, 15) is 18.0 Å². The molecule has 0 fully saturated rings. The average Bonchev–Trinajstić information content (AvgIpc) is 2.70. The SMILES string of the molecule is C=C(c1cnn(C(C)C)c1NC(=O)CC)C(F)(F)F. The Bertz CT molecular complexity index is 489. The van der Waals surface area contributed by atoms with Gasteiger partial charge < -0.3 is 5.32 Å². The van der Waals surface area contributed by atoms with E-state index in [-0.39, 0.29) is 29.8 Å². The zero-order chi connectivity index (χ0) is 14.8. The number of amides is 1. The van der Waals surface area contributed by atoms with Crippen LogP contribution in [0.5, 0.6) is 0 Å². The molecule has 4 nitrogen and oxygen atoms in total. The normalized spacial score (nSPS) is 11.7. The number of carbonyl (C=O) groups excluding carboxylic acids is 1. The molecule has 106 valence electrons. The summed E-state index contributed by atoms with van der Waals surface area (Å²) in [6.07, 6.45) is -3.32. The molecule has 0 spiro atoms. The second-order valence-corrected chi connectivity index (χ2v) is 4.32. The number of hydrogen-bond acceptors (Lipinski definition) is 2. The Hall–Kier alpha value is -1.79. The fourth-order valence-corrected chi connectivity index (χ4v) is 1.47. The van der Waals surface area contributed by atoms with Crippen molar-refractivity contribution in [2.45, 2.75) is 39.4 Å². The summed E-state index contributed by atoms with van der Waals surface area (Å²) in [5.41, 5.74) is -1.23. The second-order valence-electron chi connectivity index (χ2n) is 4.32. The average molecular weight is 275 g/mol. The zero-order valence-corrected chi connectivity index (χ0v) is 11.0. The van der Waals surface area contributed by atoms with E-state index >= 15 is 0 Å². The van der Waals surface area contributed by atoms with Gasteiger partial charge in [-0.1, -0.05) is 13.5 Å². The van der Waals surface area contributed by atoms with Crippen LogP contribution in [0.4, 0.5) is 19.0 Å². The van der Waals surface area contributed by atoms with Gasteiger partial charge in [-0.15, -0.1) is 0 Å². The lowest BCUT2D eigenvalue weighted by Gasteiger charge is -2.15. The van der Waals surface area contributed by atoms with Crippen LogP contribution in [0.1, 0.15) is 38.8 Å². The van der Waals surface area contributed by atoms with E-state index in [0.717, 1.165) is 6.20 Å². The highest BCUT2D eigenvalue weighted by atomic mass is 19.4. The van der Waals surface area contributed by atoms with E-state index in [0.29, 0.717) is 0 Å². The molecule has 1 amide bonds. The maximum atomic E-state index is 12.7. The van der Waals surface area contributed by atoms with Gasteiger partial charge in [-0.2, -0.15) is 18.3 Å². The molecule has 0 aliphatic heterocycles. The summed E-state index contributed by atoms with van der Waals surface area (Å²) in [5.74, 6) is -0.345. The third kappa shape index (κ3) is 3.36. The van der Waals surface area contributed by atoms with Gasteiger partial charge in [0, 0.05) is 18.0 Å². The van der Waals surface area contributed by atoms with E-state index in [1.807, 2.05) is 0 Å². The molecule has 1 heterocycles. The number of nitrogens with zero attached hydrogens (tertiary/aromatic N) is 2. The quantitative estimate of drug-likeness (QED) is 0.915. The minimum atomic E-state index is -4.56. The van der Waals surface area contributed by atoms with Crippen LogP contribution in [0, 0.1) is 0 Å². The number of hydrogen-bond donors (Lipinski definition) is 1. The number of anilines is 1. The smallest absolute Gasteiger partial charge is 0.310 e. The summed E-state index contributed by atoms with van der Waals surface area (Å²) in [4.78, 5) is 11.4. The summed E-state index contributed by atoms with van der Waals surface area (Å²) >= 11 is 0. The molecular weight excluding hydrogens is 259 g/mol. The molecule has 0 aromatic carbocycles. The van der Waals surface area contributed by atoms with Crippen molar-refractivity contribution in [3.8, 4) is 0 Å². The van der Waals surface area contributed by atoms with Gasteiger partial charge in [0.05, 0.1) is 11.8 Å². The van der Waals surface area contributed by atoms with Crippen molar-refractivity contribution in [3.63, 3.8) is 0 Å². The molecule has 0 aliphatic rings. The Morgan fingerprint density at radius 3 is 2.53 bits per heavy atom. The highest BCUT2D eigenvalue weighted by molar-refractivity contribution is 5.93. The number of nitrogens with one attached hydrogen (secondary N) is 1. The molecular formula is C12H16F3N3O. The van der Waals surface area contributed by atoms with Crippen molar-refractivity contribution in [2.24, 2.45) is 0 Å². The van der Waals surface area contributed by atoms with Gasteiger partial charge in [-0.3, -0.25) is 4.79 Å². The third-order valence-corrected chi connectivity index (χ3v) is 2.53. The van der Waals surface area contributed by atoms with Crippen molar-refractivity contribution in [3.05, 3.63) is 18.3 Å². The lowest BCUT2D eigenvalue weighted by atomic mass is 10.1. The largest absolute Gasteiger partial charge is 0.416 e. The molecule has 0 aliphatic carbocycles. The number of carbonyl (C=O) groups is 1. The summed E-state index contributed by atoms with van der Waals surface area (Å²) in [6, 6.07) is -0.179. The predicted octanol–water partition coefficient (Wildman–Crippen LogP) is 3.39. The molecule has 0 unspecified atom stereocenters. The van der Waals surface area contributed by atoms with Crippen LogP contribution in [-0.4, -0.2) is 21.9 Å². The van der Waals surface area contributed by atoms with Crippen LogP contribution in [0.15, 0.2) is 12.8 Å². The van der Waals surface area contributed by atoms with Gasteiger partial charge in [0.2, 0.25) is 5.91 Å². The maximum absolute atomic E-state index is 12.7. The Labute approximate surface area is 109 Å². The van der Waals surface area contributed by atoms with Crippen LogP contribution < -0.4 is 5.32 Å². The van der Waals surface area contributed by atoms with Gasteiger partial charge in [-0.25, -0.2) is 4.68 Å². The van der Waals surface area contributed by atoms with Crippen molar-refractivity contribution in [2.75, 3.05) is 5.32 Å². The second kappa shape index (κ2) is 5.46. The van der Waals surface area contributed by atoms with Gasteiger partial charge in [0.1, 0.15) is 5.82 Å². The molecule has 0 saturated heterocycles. The summed E-state index contributed by atoms with van der Waals surface area (Å²) in [5, 5.41) is 6.32. The van der Waals surface area contributed by atoms with Crippen LogP contribution in [-0.2, 0) is 4.79 Å². The first-order chi connectivity index (χ1) is 8.68. The summed E-state index contributed by atoms with van der Waals surface area (Å²) < 4.78 is 39.4. The monoisotopic (exact) mass is 275 g/mol. The van der Waals surface area contributed by atoms with Crippen LogP contribution in [0.25, 0.3) is 5.57 Å². The number of allylic oxidation sites excluding steroid dienone is 1. The van der Waals surface area contributed by atoms with Gasteiger partial charge in [-0.05, 0) is 13.8 Å². The Morgan fingerprint density at radius 2 is 2.11 bits per heavy atom. The molecule has 0 atom stereocenters. The summed E-state index contributed by atoms with van der Waals surface area (Å²) in [6.45, 7) is 8.17. The first-order valence-corrected chi connectivity index (χ1v) is 5.82. The molecule has 1 aromatic rings. The molecule has 0 bridgehead atoms. The molecule has 1 N–H and O–H groups in total. The summed E-state index contributed by atoms with van der Waals surface area (Å²) in [7, 11) is 0. The van der Waals surface area contributed by atoms with Gasteiger partial charge in [0.25, 0.3) is 0 Å². The molecule has 7 heteroatoms. The topological polar surface area (TPSA) is 46.9 Å². The Kier molecular flexibility index (Phi) is 4.39. The highest BCUT2D eigenvalue weighted by Gasteiger charge is 2.36. The predicted molar refractivity (Wildman–Crippen MR) is 66.6 cm³/mol. The minimum Gasteiger partial charge on any atom is -0.310 e. The number of aromatic nitrogens is 2. The van der Waals surface area contributed by atoms with Crippen molar-refractivity contribution < 1.29 is 18.0 Å². The van der Waals surface area contributed by atoms with Gasteiger partial charge >= 0.3 is 6.18 Å². The lowest BCUT2D eigenvalue weighted by Crippen LogP contribution is -2.18. The molecule has 19 heavy (non-hydrogen) atoms. The van der Waals surface area contributed by atoms with Crippen LogP contribution in [0.2, 0.25) is 0 Å². The van der Waals surface area contributed by atoms with E-state index < -0.39 is 11.7 Å². The van der Waals surface area contributed by atoms with Crippen molar-refractivity contribution in [1.29, 1.82) is 0 Å². The maximum Gasteiger partial charge on any atom is 0.416 e. The van der Waals surface area contributed by atoms with Crippen molar-refractivity contribution >= 4 is 17.3 Å². The Morgan fingerprint density at radius 1 is 1.53 bits per heavy atom. The highest BCUT2D eigenvalue weighted by Crippen LogP contribution is 2.36. The fraction of sp³-hybridized carbons (Fsp3) is 0.500. The minimum absolute atomic E-state index is 0.0316. The standard InChI is InChI=1S/C12H16F3N3O/c1-5-10(19)17-11-9(8(4)12(13,14)15)6-16-18(11)7(2)3/h6-7H,4-5H2,1-3H3,(H,17,19). The fourth-order valence-electron chi connectivity index (χ4n) is 1.47. The number of alkyl halides is 3.